The summed E-state index contributed by atoms with van der Waals surface area (Å²) in [5.41, 5.74) is 9.04. The van der Waals surface area contributed by atoms with Gasteiger partial charge in [-0.05, 0) is 68.0 Å². The van der Waals surface area contributed by atoms with Gasteiger partial charge in [0, 0.05) is 27.8 Å². The maximum atomic E-state index is 5.15. The Balaban J connectivity index is 0.00000289. The fraction of sp³-hybridized carbons (Fsp3) is 0. The Hall–Kier alpha value is -6.80. The average Bonchev–Trinajstić information content (AvgIpc) is 3.60. The Bertz CT molecular complexity index is 2450. The summed E-state index contributed by atoms with van der Waals surface area (Å²) in [6.07, 6.45) is 0. The normalized spacial score (nSPS) is 11.5. The third-order valence-electron chi connectivity index (χ3n) is 8.80. The minimum absolute atomic E-state index is 0. The van der Waals surface area contributed by atoms with Crippen molar-refractivity contribution < 1.29 is 0 Å². The number of nitrogens with zero attached hydrogens (tertiary/aromatic N) is 3. The minimum Gasteiger partial charge on any atom is -0.464 e. The molecule has 0 aliphatic heterocycles. The van der Waals surface area contributed by atoms with Gasteiger partial charge in [-0.1, -0.05) is 121 Å². The zero-order chi connectivity index (χ0) is 28.5. The standard InChI is InChI=1S/C40H26N3.Bk/c1-42-39-35-15-5-3-11-31(35)30-10-2-4-14-34(30)38(39)41-40(42)28-20-18-26(19-21-28)27-22-24-29(25-23-27)43-36-16-8-6-12-32(36)33-13-7-9-17-37(33)43;/h2-25H,1H2;/q-1;. The van der Waals surface area contributed by atoms with Gasteiger partial charge < -0.3 is 14.1 Å². The molecule has 211 valence electrons. The monoisotopic (exact) mass is 795 g/mol. The van der Waals surface area contributed by atoms with Crippen LogP contribution >= 0.6 is 0 Å². The molecule has 0 aliphatic rings. The first-order valence-corrected chi connectivity index (χ1v) is 14.6. The first-order chi connectivity index (χ1) is 21.3. The molecule has 4 heteroatoms. The van der Waals surface area contributed by atoms with Crippen molar-refractivity contribution in [1.29, 1.82) is 0 Å². The Morgan fingerprint density at radius 3 is 1.45 bits per heavy atom. The first-order valence-electron chi connectivity index (χ1n) is 14.6. The van der Waals surface area contributed by atoms with Crippen LogP contribution < -0.4 is 0 Å². The number of benzene rings is 7. The molecule has 0 amide bonds. The van der Waals surface area contributed by atoms with Gasteiger partial charge in [0.1, 0.15) is 0 Å². The van der Waals surface area contributed by atoms with E-state index in [1.54, 1.807) is 0 Å². The van der Waals surface area contributed by atoms with Gasteiger partial charge in [-0.15, -0.1) is 7.05 Å². The fourth-order valence-corrected chi connectivity index (χ4v) is 6.80. The summed E-state index contributed by atoms with van der Waals surface area (Å²) in [7, 11) is 4.45. The molecule has 0 saturated heterocycles. The van der Waals surface area contributed by atoms with Crippen molar-refractivity contribution in [3.8, 4) is 28.2 Å². The van der Waals surface area contributed by atoms with Crippen molar-refractivity contribution >= 4 is 54.4 Å². The fourth-order valence-electron chi connectivity index (χ4n) is 6.80. The minimum atomic E-state index is 0. The van der Waals surface area contributed by atoms with Crippen molar-refractivity contribution in [2.75, 3.05) is 0 Å². The number of fused-ring (bicyclic) bond motifs is 9. The van der Waals surface area contributed by atoms with Crippen LogP contribution in [-0.4, -0.2) is 14.1 Å². The van der Waals surface area contributed by atoms with Crippen LogP contribution in [0.25, 0.3) is 82.6 Å². The molecule has 44 heavy (non-hydrogen) atoms. The molecule has 0 unspecified atom stereocenters. The van der Waals surface area contributed by atoms with Crippen molar-refractivity contribution in [3.63, 3.8) is 0 Å². The average molecular weight is 796 g/mol. The third kappa shape index (κ3) is 3.45. The van der Waals surface area contributed by atoms with Gasteiger partial charge in [-0.2, -0.15) is 0 Å². The molecule has 9 aromatic rings. The van der Waals surface area contributed by atoms with Gasteiger partial charge in [0.15, 0.2) is 0 Å². The molecule has 0 bridgehead atoms. The van der Waals surface area contributed by atoms with E-state index in [9.17, 15) is 0 Å². The van der Waals surface area contributed by atoms with E-state index >= 15 is 0 Å². The van der Waals surface area contributed by atoms with Gasteiger partial charge in [0.2, 0.25) is 0 Å². The van der Waals surface area contributed by atoms with E-state index in [0.29, 0.717) is 0 Å². The second-order valence-corrected chi connectivity index (χ2v) is 11.1. The molecule has 0 atom stereocenters. The topological polar surface area (TPSA) is 22.8 Å². The predicted octanol–water partition coefficient (Wildman–Crippen LogP) is 10.4. The predicted molar refractivity (Wildman–Crippen MR) is 181 cm³/mol. The van der Waals surface area contributed by atoms with E-state index in [2.05, 4.69) is 157 Å². The number of imidazole rings is 1. The number of rotatable bonds is 3. The number of aromatic nitrogens is 3. The molecular formula is C40H26BkN3-. The molecule has 0 saturated carbocycles. The number of para-hydroxylation sites is 2. The Morgan fingerprint density at radius 2 is 0.864 bits per heavy atom. The van der Waals surface area contributed by atoms with Crippen LogP contribution in [0.3, 0.4) is 0 Å². The second-order valence-electron chi connectivity index (χ2n) is 11.1. The largest absolute Gasteiger partial charge is 0.464 e. The van der Waals surface area contributed by atoms with E-state index in [1.807, 2.05) is 4.57 Å². The molecule has 2 aromatic heterocycles. The molecule has 9 rings (SSSR count). The zero-order valence-electron chi connectivity index (χ0n) is 23.7. The molecule has 0 spiro atoms. The smallest absolute Gasteiger partial charge is 0.0541 e. The summed E-state index contributed by atoms with van der Waals surface area (Å²) in [5.74, 6) is 0.866. The molecule has 7 aromatic carbocycles. The molecule has 0 aliphatic carbocycles. The van der Waals surface area contributed by atoms with Crippen LogP contribution in [0.5, 0.6) is 0 Å². The summed E-state index contributed by atoms with van der Waals surface area (Å²) in [4.78, 5) is 5.15. The summed E-state index contributed by atoms with van der Waals surface area (Å²) in [6, 6.07) is 51.8. The van der Waals surface area contributed by atoms with Crippen molar-refractivity contribution in [2.24, 2.45) is 0 Å². The Morgan fingerprint density at radius 1 is 0.432 bits per heavy atom. The van der Waals surface area contributed by atoms with Crippen molar-refractivity contribution in [3.05, 3.63) is 153 Å². The Kier molecular flexibility index (Phi) is 5.31. The van der Waals surface area contributed by atoms with Gasteiger partial charge in [0.25, 0.3) is 0 Å². The van der Waals surface area contributed by atoms with Crippen LogP contribution in [0.1, 0.15) is 0 Å². The van der Waals surface area contributed by atoms with Crippen LogP contribution in [0.4, 0.5) is 0 Å². The van der Waals surface area contributed by atoms with Gasteiger partial charge in [-0.3, -0.25) is 0 Å². The van der Waals surface area contributed by atoms with E-state index in [4.69, 9.17) is 4.98 Å². The van der Waals surface area contributed by atoms with E-state index in [-0.39, 0.29) is 0 Å². The van der Waals surface area contributed by atoms with Crippen molar-refractivity contribution in [1.82, 2.24) is 14.1 Å². The van der Waals surface area contributed by atoms with Crippen LogP contribution in [-0.2, 0) is 0 Å². The van der Waals surface area contributed by atoms with Crippen LogP contribution in [0.2, 0.25) is 0 Å². The number of hydrogen-bond acceptors (Lipinski definition) is 1. The third-order valence-corrected chi connectivity index (χ3v) is 8.80. The van der Waals surface area contributed by atoms with Crippen molar-refractivity contribution in [2.45, 2.75) is 0 Å². The van der Waals surface area contributed by atoms with Gasteiger partial charge in [-0.25, -0.2) is 0 Å². The van der Waals surface area contributed by atoms with Gasteiger partial charge >= 0.3 is 0 Å². The molecule has 0 N–H and O–H groups in total. The summed E-state index contributed by atoms with van der Waals surface area (Å²) < 4.78 is 4.35. The quantitative estimate of drug-likeness (QED) is 0.129. The van der Waals surface area contributed by atoms with E-state index in [0.717, 1.165) is 33.5 Å². The molecular weight excluding hydrogens is 769 g/mol. The molecule has 2 heterocycles. The molecule has 0 fully saturated rings. The van der Waals surface area contributed by atoms with E-state index < -0.39 is 0 Å². The first kappa shape index (κ1) is 25.0. The SMILES string of the molecule is [Bk].[CH2-]n1c(-c2ccc(-c3ccc(-n4c5ccccc5c5ccccc54)cc3)cc2)nc2c3ccccc3c3ccccc3c21. The molecule has 1 radical (unpaired) electrons. The Labute approximate surface area is 248 Å². The van der Waals surface area contributed by atoms with Crippen LogP contribution in [0.15, 0.2) is 146 Å². The zero-order valence-corrected chi connectivity index (χ0v) is 26.5. The summed E-state index contributed by atoms with van der Waals surface area (Å²) in [6.45, 7) is 0. The van der Waals surface area contributed by atoms with Gasteiger partial charge in [0.05, 0.1) is 11.0 Å². The van der Waals surface area contributed by atoms with E-state index in [1.165, 1.54) is 49.1 Å². The summed E-state index contributed by atoms with van der Waals surface area (Å²) >= 11 is 0. The molecule has 3 nitrogen and oxygen atoms in total. The second kappa shape index (κ2) is 9.37. The maximum absolute atomic E-state index is 5.15. The maximum Gasteiger partial charge on any atom is 0.0541 e. The van der Waals surface area contributed by atoms with Crippen LogP contribution in [0, 0.1) is 7.05 Å². The number of hydrogen-bond donors (Lipinski definition) is 0. The summed E-state index contributed by atoms with van der Waals surface area (Å²) in [5, 5.41) is 7.31.